The van der Waals surface area contributed by atoms with Crippen molar-refractivity contribution in [2.45, 2.75) is 6.61 Å². The molecule has 3 aromatic rings. The van der Waals surface area contributed by atoms with Crippen LogP contribution in [0.15, 0.2) is 48.7 Å². The molecule has 0 spiro atoms. The average Bonchev–Trinajstić information content (AvgIpc) is 2.54. The fraction of sp³-hybridized carbons (Fsp3) is 0.125. The molecule has 0 saturated carbocycles. The molecule has 0 fully saturated rings. The highest BCUT2D eigenvalue weighted by molar-refractivity contribution is 6.31. The molecule has 2 aromatic heterocycles. The smallest absolute Gasteiger partial charge is 0.132 e. The Morgan fingerprint density at radius 3 is 2.90 bits per heavy atom. The van der Waals surface area contributed by atoms with Crippen molar-refractivity contribution in [3.63, 3.8) is 0 Å². The number of fused-ring (bicyclic) bond motifs is 1. The molecule has 0 aliphatic heterocycles. The first-order chi connectivity index (χ1) is 10.3. The summed E-state index contributed by atoms with van der Waals surface area (Å²) in [4.78, 5) is 8.71. The van der Waals surface area contributed by atoms with Crippen molar-refractivity contribution in [1.29, 1.82) is 0 Å². The zero-order chi connectivity index (χ0) is 14.7. The van der Waals surface area contributed by atoms with E-state index in [2.05, 4.69) is 15.3 Å². The molecule has 3 rings (SSSR count). The van der Waals surface area contributed by atoms with Crippen molar-refractivity contribution in [1.82, 2.24) is 9.97 Å². The topological polar surface area (TPSA) is 47.0 Å². The van der Waals surface area contributed by atoms with Crippen LogP contribution in [0.4, 0.5) is 5.82 Å². The van der Waals surface area contributed by atoms with Crippen LogP contribution in [0.2, 0.25) is 5.02 Å². The average molecular weight is 300 g/mol. The Labute approximate surface area is 127 Å². The van der Waals surface area contributed by atoms with E-state index in [4.69, 9.17) is 16.3 Å². The van der Waals surface area contributed by atoms with Gasteiger partial charge in [-0.1, -0.05) is 17.7 Å². The van der Waals surface area contributed by atoms with E-state index in [1.54, 1.807) is 6.20 Å². The summed E-state index contributed by atoms with van der Waals surface area (Å²) in [6.07, 6.45) is 1.76. The van der Waals surface area contributed by atoms with E-state index in [0.29, 0.717) is 17.3 Å². The van der Waals surface area contributed by atoms with Gasteiger partial charge in [0.15, 0.2) is 0 Å². The van der Waals surface area contributed by atoms with E-state index < -0.39 is 0 Å². The first kappa shape index (κ1) is 13.6. The highest BCUT2D eigenvalue weighted by Crippen LogP contribution is 2.25. The van der Waals surface area contributed by atoms with Gasteiger partial charge in [0.2, 0.25) is 0 Å². The van der Waals surface area contributed by atoms with Crippen molar-refractivity contribution >= 4 is 28.3 Å². The predicted octanol–water partition coefficient (Wildman–Crippen LogP) is 3.90. The minimum absolute atomic E-state index is 0.308. The van der Waals surface area contributed by atoms with Gasteiger partial charge in [-0.25, -0.2) is 4.98 Å². The van der Waals surface area contributed by atoms with Gasteiger partial charge in [-0.05, 0) is 36.4 Å². The first-order valence-electron chi connectivity index (χ1n) is 6.57. The number of pyridine rings is 2. The molecule has 0 bridgehead atoms. The highest BCUT2D eigenvalue weighted by atomic mass is 35.5. The Balaban J connectivity index is 1.87. The van der Waals surface area contributed by atoms with Gasteiger partial charge >= 0.3 is 0 Å². The van der Waals surface area contributed by atoms with E-state index in [9.17, 15) is 0 Å². The maximum absolute atomic E-state index is 6.16. The maximum atomic E-state index is 6.16. The molecule has 0 amide bonds. The Morgan fingerprint density at radius 2 is 2.05 bits per heavy atom. The second-order valence-corrected chi connectivity index (χ2v) is 4.90. The Hall–Kier alpha value is -2.33. The van der Waals surface area contributed by atoms with Gasteiger partial charge in [0.1, 0.15) is 18.2 Å². The molecule has 0 saturated heterocycles. The molecule has 0 aliphatic rings. The first-order valence-corrected chi connectivity index (χ1v) is 6.95. The van der Waals surface area contributed by atoms with Crippen LogP contribution in [0.5, 0.6) is 5.75 Å². The number of nitrogens with one attached hydrogen (secondary N) is 1. The van der Waals surface area contributed by atoms with Crippen LogP contribution in [0.25, 0.3) is 10.9 Å². The molecule has 0 aliphatic carbocycles. The summed E-state index contributed by atoms with van der Waals surface area (Å²) in [5.74, 6) is 1.53. The molecule has 0 unspecified atom stereocenters. The maximum Gasteiger partial charge on any atom is 0.132 e. The van der Waals surface area contributed by atoms with E-state index in [1.165, 1.54) is 0 Å². The Kier molecular flexibility index (Phi) is 3.88. The molecule has 0 radical (unpaired) electrons. The van der Waals surface area contributed by atoms with E-state index in [-0.39, 0.29) is 0 Å². The number of benzene rings is 1. The minimum Gasteiger partial charge on any atom is -0.487 e. The number of anilines is 1. The van der Waals surface area contributed by atoms with Gasteiger partial charge in [-0.3, -0.25) is 4.98 Å². The van der Waals surface area contributed by atoms with Crippen LogP contribution in [-0.2, 0) is 6.61 Å². The summed E-state index contributed by atoms with van der Waals surface area (Å²) >= 11 is 6.16. The third-order valence-electron chi connectivity index (χ3n) is 3.14. The fourth-order valence-corrected chi connectivity index (χ4v) is 2.23. The van der Waals surface area contributed by atoms with Gasteiger partial charge < -0.3 is 10.1 Å². The fourth-order valence-electron chi connectivity index (χ4n) is 2.07. The van der Waals surface area contributed by atoms with Crippen LogP contribution in [0.3, 0.4) is 0 Å². The number of hydrogen-bond donors (Lipinski definition) is 1. The summed E-state index contributed by atoms with van der Waals surface area (Å²) in [6, 6.07) is 13.3. The summed E-state index contributed by atoms with van der Waals surface area (Å²) in [5, 5.41) is 4.55. The molecule has 0 atom stereocenters. The van der Waals surface area contributed by atoms with Gasteiger partial charge in [0.05, 0.1) is 16.2 Å². The quantitative estimate of drug-likeness (QED) is 0.793. The van der Waals surface area contributed by atoms with Crippen molar-refractivity contribution < 1.29 is 4.74 Å². The molecule has 106 valence electrons. The van der Waals surface area contributed by atoms with E-state index in [0.717, 1.165) is 22.5 Å². The normalized spacial score (nSPS) is 10.6. The zero-order valence-corrected chi connectivity index (χ0v) is 12.3. The second kappa shape index (κ2) is 5.97. The monoisotopic (exact) mass is 299 g/mol. The van der Waals surface area contributed by atoms with Crippen molar-refractivity contribution in [2.24, 2.45) is 0 Å². The van der Waals surface area contributed by atoms with Crippen LogP contribution < -0.4 is 10.1 Å². The Morgan fingerprint density at radius 1 is 1.14 bits per heavy atom. The van der Waals surface area contributed by atoms with Crippen molar-refractivity contribution in [3.05, 3.63) is 59.4 Å². The predicted molar refractivity (Wildman–Crippen MR) is 84.9 cm³/mol. The van der Waals surface area contributed by atoms with E-state index >= 15 is 0 Å². The SMILES string of the molecule is CNc1ccc(Cl)c(COc2cccc3ncccc23)n1. The van der Waals surface area contributed by atoms with Crippen LogP contribution in [0.1, 0.15) is 5.69 Å². The van der Waals surface area contributed by atoms with Crippen LogP contribution in [0, 0.1) is 0 Å². The molecule has 2 heterocycles. The van der Waals surface area contributed by atoms with Crippen LogP contribution in [-0.4, -0.2) is 17.0 Å². The zero-order valence-electron chi connectivity index (χ0n) is 11.5. The highest BCUT2D eigenvalue weighted by Gasteiger charge is 2.07. The number of hydrogen-bond acceptors (Lipinski definition) is 4. The van der Waals surface area contributed by atoms with Gasteiger partial charge in [0, 0.05) is 18.6 Å². The lowest BCUT2D eigenvalue weighted by Crippen LogP contribution is -2.02. The molecule has 21 heavy (non-hydrogen) atoms. The molecular formula is C16H14ClN3O. The third-order valence-corrected chi connectivity index (χ3v) is 3.49. The molecular weight excluding hydrogens is 286 g/mol. The molecule has 1 N–H and O–H groups in total. The second-order valence-electron chi connectivity index (χ2n) is 4.49. The lowest BCUT2D eigenvalue weighted by atomic mass is 10.2. The molecule has 5 heteroatoms. The lowest BCUT2D eigenvalue weighted by molar-refractivity contribution is 0.305. The number of ether oxygens (including phenoxy) is 1. The van der Waals surface area contributed by atoms with Crippen molar-refractivity contribution in [3.8, 4) is 5.75 Å². The summed E-state index contributed by atoms with van der Waals surface area (Å²) < 4.78 is 5.87. The number of rotatable bonds is 4. The van der Waals surface area contributed by atoms with E-state index in [1.807, 2.05) is 49.5 Å². The number of halogens is 1. The summed E-state index contributed by atoms with van der Waals surface area (Å²) in [7, 11) is 1.82. The lowest BCUT2D eigenvalue weighted by Gasteiger charge is -2.10. The number of aromatic nitrogens is 2. The van der Waals surface area contributed by atoms with Crippen molar-refractivity contribution in [2.75, 3.05) is 12.4 Å². The summed E-state index contributed by atoms with van der Waals surface area (Å²) in [5.41, 5.74) is 1.60. The Bertz CT molecular complexity index is 771. The number of nitrogens with zero attached hydrogens (tertiary/aromatic N) is 2. The van der Waals surface area contributed by atoms with Gasteiger partial charge in [0.25, 0.3) is 0 Å². The molecule has 4 nitrogen and oxygen atoms in total. The standard InChI is InChI=1S/C16H14ClN3O/c1-18-16-8-7-12(17)14(20-16)10-21-15-6-2-5-13-11(15)4-3-9-19-13/h2-9H,10H2,1H3,(H,18,20). The largest absolute Gasteiger partial charge is 0.487 e. The van der Waals surface area contributed by atoms with Gasteiger partial charge in [-0.2, -0.15) is 0 Å². The van der Waals surface area contributed by atoms with Gasteiger partial charge in [-0.15, -0.1) is 0 Å². The van der Waals surface area contributed by atoms with Crippen LogP contribution >= 0.6 is 11.6 Å². The minimum atomic E-state index is 0.308. The third kappa shape index (κ3) is 2.90. The molecule has 1 aromatic carbocycles. The summed E-state index contributed by atoms with van der Waals surface area (Å²) in [6.45, 7) is 0.308.